The highest BCUT2D eigenvalue weighted by Gasteiger charge is 2.55. The molecule has 0 amide bonds. The molecule has 3 rings (SSSR count). The van der Waals surface area contributed by atoms with Gasteiger partial charge in [-0.05, 0) is 0 Å². The number of aldehydes is 1. The lowest BCUT2D eigenvalue weighted by molar-refractivity contribution is -0.371. The van der Waals surface area contributed by atoms with Crippen molar-refractivity contribution in [1.82, 2.24) is 0 Å². The normalized spacial score (nSPS) is 48.9. The van der Waals surface area contributed by atoms with Gasteiger partial charge in [-0.25, -0.2) is 4.79 Å². The van der Waals surface area contributed by atoms with Crippen molar-refractivity contribution in [3.8, 4) is 0 Å². The molecule has 214 valence electrons. The van der Waals surface area contributed by atoms with Gasteiger partial charge in [-0.15, -0.1) is 0 Å². The maximum Gasteiger partial charge on any atom is 0.335 e. The van der Waals surface area contributed by atoms with Gasteiger partial charge in [0, 0.05) is 14.2 Å². The highest BCUT2D eigenvalue weighted by Crippen LogP contribution is 2.32. The Bertz CT molecular complexity index is 767. The fourth-order valence-electron chi connectivity index (χ4n) is 4.38. The molecule has 0 aromatic rings. The molecule has 0 aromatic heterocycles. The van der Waals surface area contributed by atoms with Gasteiger partial charge in [0.15, 0.2) is 31.3 Å². The van der Waals surface area contributed by atoms with Crippen LogP contribution in [-0.4, -0.2) is 166 Å². The van der Waals surface area contributed by atoms with Gasteiger partial charge in [-0.2, -0.15) is 0 Å². The molecule has 3 saturated heterocycles. The molecule has 17 heteroatoms. The van der Waals surface area contributed by atoms with E-state index in [9.17, 15) is 50.4 Å². The van der Waals surface area contributed by atoms with E-state index < -0.39 is 105 Å². The first-order valence-corrected chi connectivity index (χ1v) is 11.2. The predicted octanol–water partition coefficient (Wildman–Crippen LogP) is -5.97. The zero-order chi connectivity index (χ0) is 27.6. The third-order valence-corrected chi connectivity index (χ3v) is 6.41. The van der Waals surface area contributed by atoms with E-state index in [0.29, 0.717) is 0 Å². The number of aliphatic carboxylic acids is 1. The zero-order valence-corrected chi connectivity index (χ0v) is 19.7. The molecule has 5 unspecified atom stereocenters. The van der Waals surface area contributed by atoms with Crippen LogP contribution in [0.4, 0.5) is 0 Å². The molecule has 0 saturated carbocycles. The van der Waals surface area contributed by atoms with E-state index in [-0.39, 0.29) is 6.29 Å². The first-order valence-electron chi connectivity index (χ1n) is 11.2. The average molecular weight is 544 g/mol. The highest BCUT2D eigenvalue weighted by molar-refractivity contribution is 5.73. The van der Waals surface area contributed by atoms with Crippen LogP contribution < -0.4 is 0 Å². The van der Waals surface area contributed by atoms with Crippen molar-refractivity contribution in [3.05, 3.63) is 0 Å². The fourth-order valence-corrected chi connectivity index (χ4v) is 4.38. The predicted molar refractivity (Wildman–Crippen MR) is 110 cm³/mol. The molecule has 0 aliphatic carbocycles. The molecule has 3 heterocycles. The minimum Gasteiger partial charge on any atom is -0.479 e. The minimum absolute atomic E-state index is 0.262. The number of hydrogen-bond acceptors (Lipinski definition) is 16. The Balaban J connectivity index is 1.77. The molecular formula is C20H32O17. The number of carboxylic acids is 1. The van der Waals surface area contributed by atoms with Gasteiger partial charge in [-0.3, -0.25) is 0 Å². The van der Waals surface area contributed by atoms with Crippen LogP contribution in [0.5, 0.6) is 0 Å². The van der Waals surface area contributed by atoms with Crippen LogP contribution in [0.15, 0.2) is 0 Å². The van der Waals surface area contributed by atoms with E-state index in [0.717, 1.165) is 7.11 Å². The molecule has 0 radical (unpaired) electrons. The second-order valence-electron chi connectivity index (χ2n) is 8.67. The molecule has 15 atom stereocenters. The summed E-state index contributed by atoms with van der Waals surface area (Å²) < 4.78 is 36.4. The number of carbonyl (C=O) groups excluding carboxylic acids is 1. The van der Waals surface area contributed by atoms with Crippen LogP contribution in [0.25, 0.3) is 0 Å². The van der Waals surface area contributed by atoms with Crippen LogP contribution >= 0.6 is 0 Å². The largest absolute Gasteiger partial charge is 0.479 e. The molecule has 3 aliphatic rings. The highest BCUT2D eigenvalue weighted by atomic mass is 16.8. The van der Waals surface area contributed by atoms with Crippen molar-refractivity contribution in [3.63, 3.8) is 0 Å². The quantitative estimate of drug-likeness (QED) is 0.126. The van der Waals surface area contributed by atoms with Gasteiger partial charge in [0.1, 0.15) is 67.1 Å². The second kappa shape index (κ2) is 12.6. The summed E-state index contributed by atoms with van der Waals surface area (Å²) in [6.07, 6.45) is -25.5. The molecule has 0 bridgehead atoms. The number of carbonyl (C=O) groups is 2. The van der Waals surface area contributed by atoms with Crippen molar-refractivity contribution >= 4 is 12.3 Å². The van der Waals surface area contributed by atoms with E-state index in [1.54, 1.807) is 0 Å². The second-order valence-corrected chi connectivity index (χ2v) is 8.67. The Kier molecular flexibility index (Phi) is 10.3. The summed E-state index contributed by atoms with van der Waals surface area (Å²) in [5.41, 5.74) is 0. The number of aliphatic hydroxyl groups excluding tert-OH is 7. The summed E-state index contributed by atoms with van der Waals surface area (Å²) in [4.78, 5) is 23.3. The van der Waals surface area contributed by atoms with Crippen molar-refractivity contribution in [2.45, 2.75) is 92.1 Å². The Hall–Kier alpha value is -1.42. The number of hydrogen-bond donors (Lipinski definition) is 8. The standard InChI is InChI=1S/C20H32O17/c1-31-13-5(3-21)34-19(11(27)7(13)23)36-15-9(25)12(28)20(37-16(15)17(29)30)35-14-6(4-22)33-18(32-2)10(26)8(14)24/h3,5-16,18-20,22-28H,4H2,1-2H3,(H,29,30)/t5-,6-,7-,8-,9+,10-,11-,12+,13-,14?,15?,16?,18+,19?,20?/m1/s1. The molecule has 0 spiro atoms. The first kappa shape index (κ1) is 30.1. The third kappa shape index (κ3) is 5.94. The van der Waals surface area contributed by atoms with Crippen molar-refractivity contribution in [2.24, 2.45) is 0 Å². The molecule has 8 N–H and O–H groups in total. The Labute approximate surface area is 209 Å². The summed E-state index contributed by atoms with van der Waals surface area (Å²) in [5.74, 6) is -1.71. The molecule has 0 aromatic carbocycles. The Morgan fingerprint density at radius 2 is 1.24 bits per heavy atom. The minimum atomic E-state index is -2.08. The van der Waals surface area contributed by atoms with Gasteiger partial charge in [-0.1, -0.05) is 0 Å². The van der Waals surface area contributed by atoms with E-state index in [2.05, 4.69) is 0 Å². The monoisotopic (exact) mass is 544 g/mol. The Morgan fingerprint density at radius 3 is 1.76 bits per heavy atom. The van der Waals surface area contributed by atoms with Crippen molar-refractivity contribution in [1.29, 1.82) is 0 Å². The molecule has 3 aliphatic heterocycles. The first-order chi connectivity index (χ1) is 17.5. The van der Waals surface area contributed by atoms with E-state index in [1.807, 2.05) is 0 Å². The SMILES string of the molecule is CO[C@H]1O[C@H](CO)C(OC2OC(C(=O)O)C(OC3O[C@H](C=O)[C@@H](OC)[C@H](O)[C@H]3O)[C@@H](O)[C@@H]2O)[C@H](O)[C@H]1O. The van der Waals surface area contributed by atoms with E-state index >= 15 is 0 Å². The van der Waals surface area contributed by atoms with Gasteiger partial charge in [0.2, 0.25) is 0 Å². The maximum atomic E-state index is 11.9. The van der Waals surface area contributed by atoms with Gasteiger partial charge in [0.25, 0.3) is 0 Å². The fraction of sp³-hybridized carbons (Fsp3) is 0.900. The smallest absolute Gasteiger partial charge is 0.335 e. The summed E-state index contributed by atoms with van der Waals surface area (Å²) in [7, 11) is 2.33. The Morgan fingerprint density at radius 1 is 0.730 bits per heavy atom. The number of aliphatic hydroxyl groups is 7. The van der Waals surface area contributed by atoms with Crippen molar-refractivity contribution in [2.75, 3.05) is 20.8 Å². The van der Waals surface area contributed by atoms with Crippen LogP contribution in [-0.2, 0) is 42.7 Å². The number of ether oxygens (including phenoxy) is 7. The number of methoxy groups -OCH3 is 2. The maximum absolute atomic E-state index is 11.9. The lowest BCUT2D eigenvalue weighted by atomic mass is 9.96. The molecule has 37 heavy (non-hydrogen) atoms. The van der Waals surface area contributed by atoms with Crippen LogP contribution in [0.1, 0.15) is 0 Å². The summed E-state index contributed by atoms with van der Waals surface area (Å²) in [6.45, 7) is -0.743. The lowest BCUT2D eigenvalue weighted by Gasteiger charge is -2.47. The van der Waals surface area contributed by atoms with E-state index in [1.165, 1.54) is 7.11 Å². The molecule has 17 nitrogen and oxygen atoms in total. The van der Waals surface area contributed by atoms with Gasteiger partial charge in [0.05, 0.1) is 6.61 Å². The number of rotatable bonds is 9. The van der Waals surface area contributed by atoms with Crippen LogP contribution in [0.3, 0.4) is 0 Å². The van der Waals surface area contributed by atoms with Crippen LogP contribution in [0, 0.1) is 0 Å². The summed E-state index contributed by atoms with van der Waals surface area (Å²) in [6, 6.07) is 0. The van der Waals surface area contributed by atoms with Gasteiger partial charge < -0.3 is 78.8 Å². The average Bonchev–Trinajstić information content (AvgIpc) is 2.88. The molecular weight excluding hydrogens is 512 g/mol. The summed E-state index contributed by atoms with van der Waals surface area (Å²) in [5, 5.41) is 81.7. The van der Waals surface area contributed by atoms with Crippen LogP contribution in [0.2, 0.25) is 0 Å². The third-order valence-electron chi connectivity index (χ3n) is 6.41. The summed E-state index contributed by atoms with van der Waals surface area (Å²) >= 11 is 0. The lowest BCUT2D eigenvalue weighted by Crippen LogP contribution is -2.67. The number of carboxylic acid groups (broad SMARTS) is 1. The van der Waals surface area contributed by atoms with Crippen molar-refractivity contribution < 1.29 is 83.6 Å². The van der Waals surface area contributed by atoms with Gasteiger partial charge >= 0.3 is 5.97 Å². The zero-order valence-electron chi connectivity index (χ0n) is 19.7. The molecule has 3 fully saturated rings. The topological polar surface area (TPSA) is 261 Å². The van der Waals surface area contributed by atoms with E-state index in [4.69, 9.17) is 33.2 Å².